The van der Waals surface area contributed by atoms with Gasteiger partial charge in [-0.25, -0.2) is 0 Å². The number of nitrogens with one attached hydrogen (secondary N) is 1. The Bertz CT molecular complexity index is 757. The lowest BCUT2D eigenvalue weighted by Crippen LogP contribution is -2.15. The van der Waals surface area contributed by atoms with Gasteiger partial charge in [0, 0.05) is 23.6 Å². The van der Waals surface area contributed by atoms with Crippen LogP contribution in [0.1, 0.15) is 10.5 Å². The van der Waals surface area contributed by atoms with Gasteiger partial charge in [0.1, 0.15) is 5.69 Å². The average Bonchev–Trinajstić information content (AvgIpc) is 2.94. The van der Waals surface area contributed by atoms with E-state index >= 15 is 0 Å². The Morgan fingerprint density at radius 3 is 2.89 bits per heavy atom. The van der Waals surface area contributed by atoms with Crippen LogP contribution in [0.25, 0.3) is 10.1 Å². The molecule has 0 saturated heterocycles. The molecule has 3 rings (SSSR count). The van der Waals surface area contributed by atoms with E-state index in [9.17, 15) is 4.79 Å². The van der Waals surface area contributed by atoms with E-state index in [2.05, 4.69) is 5.32 Å². The lowest BCUT2D eigenvalue weighted by atomic mass is 10.2. The monoisotopic (exact) mass is 271 g/mol. The largest absolute Gasteiger partial charge is 0.397 e. The van der Waals surface area contributed by atoms with E-state index in [1.165, 1.54) is 4.70 Å². The quantitative estimate of drug-likeness (QED) is 0.752. The summed E-state index contributed by atoms with van der Waals surface area (Å²) in [5.74, 6) is -0.159. The van der Waals surface area contributed by atoms with Crippen molar-refractivity contribution in [3.8, 4) is 0 Å². The van der Waals surface area contributed by atoms with Gasteiger partial charge in [-0.2, -0.15) is 0 Å². The molecule has 4 nitrogen and oxygen atoms in total. The van der Waals surface area contributed by atoms with E-state index in [1.54, 1.807) is 35.2 Å². The van der Waals surface area contributed by atoms with Gasteiger partial charge in [-0.3, -0.25) is 4.79 Å². The number of nitrogens with two attached hydrogens (primary N) is 1. The van der Waals surface area contributed by atoms with Crippen LogP contribution in [-0.2, 0) is 7.05 Å². The van der Waals surface area contributed by atoms with Crippen molar-refractivity contribution < 1.29 is 4.79 Å². The van der Waals surface area contributed by atoms with Crippen molar-refractivity contribution >= 4 is 38.7 Å². The maximum Gasteiger partial charge on any atom is 0.272 e. The minimum absolute atomic E-state index is 0.159. The highest BCUT2D eigenvalue weighted by Crippen LogP contribution is 2.24. The molecule has 0 aliphatic heterocycles. The molecule has 0 spiro atoms. The summed E-state index contributed by atoms with van der Waals surface area (Å²) in [6.07, 6.45) is 1.72. The number of hydrogen-bond acceptors (Lipinski definition) is 3. The van der Waals surface area contributed by atoms with E-state index in [0.717, 1.165) is 11.1 Å². The molecule has 3 N–H and O–H groups in total. The van der Waals surface area contributed by atoms with E-state index in [4.69, 9.17) is 5.73 Å². The number of aryl methyl sites for hydroxylation is 1. The van der Waals surface area contributed by atoms with Crippen LogP contribution in [0.3, 0.4) is 0 Å². The van der Waals surface area contributed by atoms with Crippen molar-refractivity contribution in [3.05, 3.63) is 47.6 Å². The first-order valence-electron chi connectivity index (χ1n) is 5.84. The number of hydrogen-bond donors (Lipinski definition) is 2. The zero-order valence-electron chi connectivity index (χ0n) is 10.4. The number of amides is 1. The molecule has 0 aliphatic carbocycles. The minimum Gasteiger partial charge on any atom is -0.397 e. The topological polar surface area (TPSA) is 60.0 Å². The second-order valence-electron chi connectivity index (χ2n) is 4.40. The maximum absolute atomic E-state index is 12.1. The Hall–Kier alpha value is -2.27. The van der Waals surface area contributed by atoms with Crippen LogP contribution in [0, 0.1) is 0 Å². The molecule has 0 fully saturated rings. The molecular formula is C14H13N3OS. The van der Waals surface area contributed by atoms with Gasteiger partial charge in [0.2, 0.25) is 0 Å². The zero-order chi connectivity index (χ0) is 13.4. The molecule has 96 valence electrons. The smallest absolute Gasteiger partial charge is 0.272 e. The summed E-state index contributed by atoms with van der Waals surface area (Å²) in [6.45, 7) is 0. The summed E-state index contributed by atoms with van der Waals surface area (Å²) in [5.41, 5.74) is 7.59. The van der Waals surface area contributed by atoms with Crippen molar-refractivity contribution in [3.63, 3.8) is 0 Å². The number of benzene rings is 1. The molecule has 0 saturated carbocycles. The number of carbonyl (C=O) groups is 1. The summed E-state index contributed by atoms with van der Waals surface area (Å²) >= 11 is 1.68. The number of thiophene rings is 1. The highest BCUT2D eigenvalue weighted by molar-refractivity contribution is 7.17. The van der Waals surface area contributed by atoms with E-state index in [0.29, 0.717) is 11.4 Å². The van der Waals surface area contributed by atoms with Crippen molar-refractivity contribution in [2.24, 2.45) is 7.05 Å². The van der Waals surface area contributed by atoms with Gasteiger partial charge in [-0.15, -0.1) is 11.3 Å². The van der Waals surface area contributed by atoms with Crippen molar-refractivity contribution in [1.82, 2.24) is 4.57 Å². The first kappa shape index (κ1) is 11.8. The van der Waals surface area contributed by atoms with Crippen molar-refractivity contribution in [2.45, 2.75) is 0 Å². The minimum atomic E-state index is -0.159. The summed E-state index contributed by atoms with van der Waals surface area (Å²) in [4.78, 5) is 12.1. The normalized spacial score (nSPS) is 10.8. The molecule has 3 aromatic rings. The first-order valence-corrected chi connectivity index (χ1v) is 6.72. The Labute approximate surface area is 114 Å². The van der Waals surface area contributed by atoms with E-state index in [-0.39, 0.29) is 5.91 Å². The van der Waals surface area contributed by atoms with Crippen LogP contribution in [0.15, 0.2) is 41.9 Å². The fourth-order valence-corrected chi connectivity index (χ4v) is 2.83. The number of anilines is 2. The molecule has 0 bridgehead atoms. The summed E-state index contributed by atoms with van der Waals surface area (Å²) in [5, 5.41) is 6.05. The highest BCUT2D eigenvalue weighted by Gasteiger charge is 2.11. The van der Waals surface area contributed by atoms with Crippen LogP contribution in [0.2, 0.25) is 0 Å². The van der Waals surface area contributed by atoms with Gasteiger partial charge in [-0.05, 0) is 41.1 Å². The molecule has 1 aromatic carbocycles. The van der Waals surface area contributed by atoms with Gasteiger partial charge < -0.3 is 15.6 Å². The standard InChI is InChI=1S/C14H13N3OS/c1-17-8-10(15)7-12(17)14(18)16-11-2-3-13-9(6-11)4-5-19-13/h2-8H,15H2,1H3,(H,16,18). The third-order valence-electron chi connectivity index (χ3n) is 2.97. The number of nitrogen functional groups attached to an aromatic ring is 1. The lowest BCUT2D eigenvalue weighted by Gasteiger charge is -2.06. The highest BCUT2D eigenvalue weighted by atomic mass is 32.1. The predicted molar refractivity (Wildman–Crippen MR) is 79.6 cm³/mol. The average molecular weight is 271 g/mol. The number of nitrogens with zero attached hydrogens (tertiary/aromatic N) is 1. The third kappa shape index (κ3) is 2.20. The zero-order valence-corrected chi connectivity index (χ0v) is 11.2. The molecule has 19 heavy (non-hydrogen) atoms. The number of fused-ring (bicyclic) bond motifs is 1. The fourth-order valence-electron chi connectivity index (χ4n) is 2.06. The third-order valence-corrected chi connectivity index (χ3v) is 3.87. The van der Waals surface area contributed by atoms with Crippen LogP contribution in [-0.4, -0.2) is 10.5 Å². The van der Waals surface area contributed by atoms with Crippen LogP contribution < -0.4 is 11.1 Å². The van der Waals surface area contributed by atoms with Gasteiger partial charge in [0.05, 0.1) is 5.69 Å². The van der Waals surface area contributed by atoms with Gasteiger partial charge in [0.15, 0.2) is 0 Å². The molecule has 1 amide bonds. The SMILES string of the molecule is Cn1cc(N)cc1C(=O)Nc1ccc2sccc2c1. The number of carbonyl (C=O) groups excluding carboxylic acids is 1. The second kappa shape index (κ2) is 4.44. The van der Waals surface area contributed by atoms with Crippen molar-refractivity contribution in [1.29, 1.82) is 0 Å². The molecule has 0 aliphatic rings. The summed E-state index contributed by atoms with van der Waals surface area (Å²) in [7, 11) is 1.80. The van der Waals surface area contributed by atoms with Gasteiger partial charge in [0.25, 0.3) is 5.91 Å². The molecule has 0 unspecified atom stereocenters. The molecule has 0 radical (unpaired) electrons. The van der Waals surface area contributed by atoms with Crippen LogP contribution in [0.5, 0.6) is 0 Å². The van der Waals surface area contributed by atoms with Gasteiger partial charge in [-0.1, -0.05) is 0 Å². The van der Waals surface area contributed by atoms with Crippen LogP contribution in [0.4, 0.5) is 11.4 Å². The second-order valence-corrected chi connectivity index (χ2v) is 5.34. The Balaban J connectivity index is 1.88. The maximum atomic E-state index is 12.1. The van der Waals surface area contributed by atoms with Crippen molar-refractivity contribution in [2.75, 3.05) is 11.1 Å². The summed E-state index contributed by atoms with van der Waals surface area (Å²) < 4.78 is 2.93. The Morgan fingerprint density at radius 1 is 1.32 bits per heavy atom. The number of rotatable bonds is 2. The molecule has 2 heterocycles. The van der Waals surface area contributed by atoms with Crippen LogP contribution >= 0.6 is 11.3 Å². The lowest BCUT2D eigenvalue weighted by molar-refractivity contribution is 0.101. The Morgan fingerprint density at radius 2 is 2.16 bits per heavy atom. The predicted octanol–water partition coefficient (Wildman–Crippen LogP) is 3.07. The molecule has 0 atom stereocenters. The molecule has 2 aromatic heterocycles. The fraction of sp³-hybridized carbons (Fsp3) is 0.0714. The first-order chi connectivity index (χ1) is 9.13. The van der Waals surface area contributed by atoms with Gasteiger partial charge >= 0.3 is 0 Å². The number of aromatic nitrogens is 1. The van der Waals surface area contributed by atoms with E-state index < -0.39 is 0 Å². The molecular weight excluding hydrogens is 258 g/mol. The molecule has 5 heteroatoms. The summed E-state index contributed by atoms with van der Waals surface area (Å²) in [6, 6.07) is 9.59. The van der Waals surface area contributed by atoms with E-state index in [1.807, 2.05) is 29.6 Å². The Kier molecular flexibility index (Phi) is 2.76.